The van der Waals surface area contributed by atoms with Crippen molar-refractivity contribution in [2.45, 2.75) is 6.18 Å². The fourth-order valence-electron chi connectivity index (χ4n) is 1.62. The van der Waals surface area contributed by atoms with Gasteiger partial charge in [0.15, 0.2) is 0 Å². The quantitative estimate of drug-likeness (QED) is 0.889. The number of carbonyl (C=O) groups excluding carboxylic acids is 1. The number of nitrogens with zero attached hydrogens (tertiary/aromatic N) is 1. The highest BCUT2D eigenvalue weighted by Gasteiger charge is 2.33. The van der Waals surface area contributed by atoms with Crippen LogP contribution in [0.25, 0.3) is 0 Å². The van der Waals surface area contributed by atoms with Gasteiger partial charge in [0.25, 0.3) is 5.91 Å². The van der Waals surface area contributed by atoms with Gasteiger partial charge in [-0.1, -0.05) is 12.1 Å². The van der Waals surface area contributed by atoms with E-state index in [0.29, 0.717) is 4.90 Å². The van der Waals surface area contributed by atoms with E-state index in [2.05, 4.69) is 0 Å². The molecule has 0 spiro atoms. The van der Waals surface area contributed by atoms with Crippen LogP contribution in [0.2, 0.25) is 0 Å². The lowest BCUT2D eigenvalue weighted by Crippen LogP contribution is -2.41. The van der Waals surface area contributed by atoms with E-state index in [-0.39, 0.29) is 24.4 Å². The van der Waals surface area contributed by atoms with Gasteiger partial charge in [0.1, 0.15) is 12.3 Å². The lowest BCUT2D eigenvalue weighted by atomic mass is 10.1. The molecule has 106 valence electrons. The summed E-state index contributed by atoms with van der Waals surface area (Å²) >= 11 is 0. The molecule has 1 aromatic carbocycles. The molecule has 1 aromatic rings. The second kappa shape index (κ2) is 6.42. The number of rotatable bonds is 5. The van der Waals surface area contributed by atoms with Crippen molar-refractivity contribution >= 4 is 5.91 Å². The molecule has 0 bridgehead atoms. The summed E-state index contributed by atoms with van der Waals surface area (Å²) < 4.78 is 42.2. The number of nitrogens with two attached hydrogens (primary N) is 1. The molecule has 0 fully saturated rings. The Labute approximate surface area is 108 Å². The predicted molar refractivity (Wildman–Crippen MR) is 64.0 cm³/mol. The van der Waals surface area contributed by atoms with Crippen molar-refractivity contribution in [1.82, 2.24) is 4.90 Å². The SMILES string of the molecule is COc1ccccc1C(=O)N(CCN)CC(F)(F)F. The minimum atomic E-state index is -4.47. The monoisotopic (exact) mass is 276 g/mol. The maximum atomic E-state index is 12.4. The maximum Gasteiger partial charge on any atom is 0.406 e. The van der Waals surface area contributed by atoms with Gasteiger partial charge in [0.05, 0.1) is 12.7 Å². The van der Waals surface area contributed by atoms with Crippen molar-refractivity contribution in [3.05, 3.63) is 29.8 Å². The Morgan fingerprint density at radius 2 is 2.00 bits per heavy atom. The highest BCUT2D eigenvalue weighted by atomic mass is 19.4. The van der Waals surface area contributed by atoms with Gasteiger partial charge in [-0.3, -0.25) is 4.79 Å². The fourth-order valence-corrected chi connectivity index (χ4v) is 1.62. The third kappa shape index (κ3) is 4.44. The minimum Gasteiger partial charge on any atom is -0.496 e. The van der Waals surface area contributed by atoms with Crippen LogP contribution < -0.4 is 10.5 Å². The van der Waals surface area contributed by atoms with Crippen LogP contribution in [0.3, 0.4) is 0 Å². The number of hydrogen-bond acceptors (Lipinski definition) is 3. The Bertz CT molecular complexity index is 435. The van der Waals surface area contributed by atoms with Gasteiger partial charge in [-0.25, -0.2) is 0 Å². The van der Waals surface area contributed by atoms with Crippen LogP contribution in [0.5, 0.6) is 5.75 Å². The van der Waals surface area contributed by atoms with Crippen LogP contribution >= 0.6 is 0 Å². The molecule has 7 heteroatoms. The Morgan fingerprint density at radius 1 is 1.37 bits per heavy atom. The molecule has 0 aromatic heterocycles. The topological polar surface area (TPSA) is 55.6 Å². The summed E-state index contributed by atoms with van der Waals surface area (Å²) in [4.78, 5) is 12.7. The Morgan fingerprint density at radius 3 is 2.53 bits per heavy atom. The summed E-state index contributed by atoms with van der Waals surface area (Å²) in [6, 6.07) is 6.12. The van der Waals surface area contributed by atoms with Crippen LogP contribution in [-0.4, -0.2) is 43.7 Å². The van der Waals surface area contributed by atoms with Crippen LogP contribution in [0.1, 0.15) is 10.4 Å². The molecule has 1 amide bonds. The number of amides is 1. The molecular weight excluding hydrogens is 261 g/mol. The zero-order valence-corrected chi connectivity index (χ0v) is 10.4. The maximum absolute atomic E-state index is 12.4. The van der Waals surface area contributed by atoms with Crippen molar-refractivity contribution in [1.29, 1.82) is 0 Å². The van der Waals surface area contributed by atoms with E-state index in [4.69, 9.17) is 10.5 Å². The number of halogens is 3. The second-order valence-electron chi connectivity index (χ2n) is 3.83. The Kier molecular flexibility index (Phi) is 5.17. The first-order valence-electron chi connectivity index (χ1n) is 5.58. The first-order valence-corrected chi connectivity index (χ1v) is 5.58. The largest absolute Gasteiger partial charge is 0.496 e. The highest BCUT2D eigenvalue weighted by Crippen LogP contribution is 2.22. The highest BCUT2D eigenvalue weighted by molar-refractivity contribution is 5.97. The summed E-state index contributed by atoms with van der Waals surface area (Å²) in [5, 5.41) is 0. The first kappa shape index (κ1) is 15.3. The predicted octanol–water partition coefficient (Wildman–Crippen LogP) is 1.66. The molecule has 0 atom stereocenters. The zero-order chi connectivity index (χ0) is 14.5. The number of hydrogen-bond donors (Lipinski definition) is 1. The molecule has 0 radical (unpaired) electrons. The van der Waals surface area contributed by atoms with Gasteiger partial charge >= 0.3 is 6.18 Å². The molecule has 2 N–H and O–H groups in total. The average molecular weight is 276 g/mol. The molecule has 1 rings (SSSR count). The van der Waals surface area contributed by atoms with Crippen molar-refractivity contribution in [3.63, 3.8) is 0 Å². The van der Waals surface area contributed by atoms with E-state index in [0.717, 1.165) is 0 Å². The van der Waals surface area contributed by atoms with Crippen molar-refractivity contribution in [3.8, 4) is 5.75 Å². The van der Waals surface area contributed by atoms with Crippen molar-refractivity contribution in [2.24, 2.45) is 5.73 Å². The number of carbonyl (C=O) groups is 1. The van der Waals surface area contributed by atoms with Gasteiger partial charge in [-0.15, -0.1) is 0 Å². The molecule has 4 nitrogen and oxygen atoms in total. The molecule has 19 heavy (non-hydrogen) atoms. The van der Waals surface area contributed by atoms with E-state index in [1.54, 1.807) is 12.1 Å². The normalized spacial score (nSPS) is 11.2. The summed E-state index contributed by atoms with van der Waals surface area (Å²) in [6.45, 7) is -1.55. The lowest BCUT2D eigenvalue weighted by Gasteiger charge is -2.24. The smallest absolute Gasteiger partial charge is 0.406 e. The Balaban J connectivity index is 2.99. The van der Waals surface area contributed by atoms with Gasteiger partial charge in [0.2, 0.25) is 0 Å². The summed E-state index contributed by atoms with van der Waals surface area (Å²) in [6.07, 6.45) is -4.47. The van der Waals surface area contributed by atoms with Crippen LogP contribution in [-0.2, 0) is 0 Å². The van der Waals surface area contributed by atoms with Gasteiger partial charge in [-0.05, 0) is 12.1 Å². The molecule has 0 aliphatic rings. The summed E-state index contributed by atoms with van der Waals surface area (Å²) in [5.41, 5.74) is 5.33. The number of ether oxygens (including phenoxy) is 1. The van der Waals surface area contributed by atoms with Gasteiger partial charge in [-0.2, -0.15) is 13.2 Å². The van der Waals surface area contributed by atoms with E-state index < -0.39 is 18.6 Å². The van der Waals surface area contributed by atoms with E-state index in [1.165, 1.54) is 19.2 Å². The zero-order valence-electron chi connectivity index (χ0n) is 10.4. The summed E-state index contributed by atoms with van der Waals surface area (Å²) in [5.74, 6) is -0.517. The second-order valence-corrected chi connectivity index (χ2v) is 3.83. The standard InChI is InChI=1S/C12H15F3N2O2/c1-19-10-5-3-2-4-9(10)11(18)17(7-6-16)8-12(13,14)15/h2-5H,6-8,16H2,1H3. The van der Waals surface area contributed by atoms with E-state index in [1.807, 2.05) is 0 Å². The van der Waals surface area contributed by atoms with Gasteiger partial charge < -0.3 is 15.4 Å². The summed E-state index contributed by atoms with van der Waals surface area (Å²) in [7, 11) is 1.35. The molecular formula is C12H15F3N2O2. The Hall–Kier alpha value is -1.76. The molecule has 0 heterocycles. The van der Waals surface area contributed by atoms with Crippen LogP contribution in [0.4, 0.5) is 13.2 Å². The fraction of sp³-hybridized carbons (Fsp3) is 0.417. The lowest BCUT2D eigenvalue weighted by molar-refractivity contribution is -0.140. The van der Waals surface area contributed by atoms with Crippen molar-refractivity contribution in [2.75, 3.05) is 26.7 Å². The van der Waals surface area contributed by atoms with E-state index >= 15 is 0 Å². The average Bonchev–Trinajstić information content (AvgIpc) is 2.36. The molecule has 0 aliphatic heterocycles. The third-order valence-corrected chi connectivity index (χ3v) is 2.39. The van der Waals surface area contributed by atoms with E-state index in [9.17, 15) is 18.0 Å². The third-order valence-electron chi connectivity index (χ3n) is 2.39. The minimum absolute atomic E-state index is 0.0447. The number of para-hydroxylation sites is 1. The molecule has 0 saturated heterocycles. The van der Waals surface area contributed by atoms with Crippen LogP contribution in [0.15, 0.2) is 24.3 Å². The first-order chi connectivity index (χ1) is 8.89. The molecule has 0 aliphatic carbocycles. The molecule has 0 saturated carbocycles. The number of methoxy groups -OCH3 is 1. The number of benzene rings is 1. The van der Waals surface area contributed by atoms with Crippen LogP contribution in [0, 0.1) is 0 Å². The van der Waals surface area contributed by atoms with Crippen molar-refractivity contribution < 1.29 is 22.7 Å². The van der Waals surface area contributed by atoms with Gasteiger partial charge in [0, 0.05) is 13.1 Å². The number of alkyl halides is 3. The molecule has 0 unspecified atom stereocenters.